The van der Waals surface area contributed by atoms with Crippen LogP contribution in [0.2, 0.25) is 0 Å². The van der Waals surface area contributed by atoms with E-state index in [1.165, 1.54) is 0 Å². The van der Waals surface area contributed by atoms with Crippen LogP contribution in [0.3, 0.4) is 0 Å². The third-order valence-corrected chi connectivity index (χ3v) is 3.52. The van der Waals surface area contributed by atoms with Gasteiger partial charge in [0, 0.05) is 32.7 Å². The Morgan fingerprint density at radius 3 is 2.91 bits per heavy atom. The molecule has 2 N–H and O–H groups in total. The molecule has 0 bridgehead atoms. The predicted molar refractivity (Wildman–Crippen MR) is 83.9 cm³/mol. The first kappa shape index (κ1) is 16.3. The second kappa shape index (κ2) is 7.82. The van der Waals surface area contributed by atoms with E-state index < -0.39 is 6.61 Å². The Kier molecular flexibility index (Phi) is 5.80. The minimum atomic E-state index is -2.81. The summed E-state index contributed by atoms with van der Waals surface area (Å²) in [5.74, 6) is 0.973. The standard InChI is InChI=1S/C15H22F2N4O/c1-3-19-15(18-2)20-11-8-9-21(10-11)12-6-4-5-7-13(12)22-14(16)17/h4-7,11,14H,3,8-10H2,1-2H3,(H2,18,19,20). The molecule has 0 aromatic heterocycles. The zero-order chi connectivity index (χ0) is 15.9. The van der Waals surface area contributed by atoms with E-state index in [-0.39, 0.29) is 11.8 Å². The molecule has 1 saturated heterocycles. The molecule has 5 nitrogen and oxygen atoms in total. The molecule has 1 unspecified atom stereocenters. The highest BCUT2D eigenvalue weighted by Gasteiger charge is 2.25. The van der Waals surface area contributed by atoms with Crippen LogP contribution in [0, 0.1) is 0 Å². The quantitative estimate of drug-likeness (QED) is 0.645. The molecule has 0 saturated carbocycles. The largest absolute Gasteiger partial charge is 0.433 e. The zero-order valence-corrected chi connectivity index (χ0v) is 12.9. The molecule has 1 aromatic rings. The third-order valence-electron chi connectivity index (χ3n) is 3.52. The molecule has 22 heavy (non-hydrogen) atoms. The van der Waals surface area contributed by atoms with Gasteiger partial charge >= 0.3 is 6.61 Å². The van der Waals surface area contributed by atoms with E-state index in [1.807, 2.05) is 13.0 Å². The molecule has 1 fully saturated rings. The van der Waals surface area contributed by atoms with Crippen molar-refractivity contribution >= 4 is 11.6 Å². The topological polar surface area (TPSA) is 48.9 Å². The maximum Gasteiger partial charge on any atom is 0.387 e. The lowest BCUT2D eigenvalue weighted by Gasteiger charge is -2.22. The second-order valence-corrected chi connectivity index (χ2v) is 5.02. The average molecular weight is 312 g/mol. The van der Waals surface area contributed by atoms with Gasteiger partial charge in [0.05, 0.1) is 5.69 Å². The fourth-order valence-corrected chi connectivity index (χ4v) is 2.57. The van der Waals surface area contributed by atoms with Gasteiger partial charge in [-0.3, -0.25) is 4.99 Å². The van der Waals surface area contributed by atoms with Crippen molar-refractivity contribution in [2.75, 3.05) is 31.6 Å². The molecule has 1 heterocycles. The van der Waals surface area contributed by atoms with Crippen molar-refractivity contribution in [3.8, 4) is 5.75 Å². The highest BCUT2D eigenvalue weighted by atomic mass is 19.3. The van der Waals surface area contributed by atoms with Crippen LogP contribution in [0.15, 0.2) is 29.3 Å². The number of aliphatic imine (C=N–C) groups is 1. The average Bonchev–Trinajstić information content (AvgIpc) is 2.95. The van der Waals surface area contributed by atoms with Crippen molar-refractivity contribution in [1.82, 2.24) is 10.6 Å². The number of anilines is 1. The molecule has 7 heteroatoms. The van der Waals surface area contributed by atoms with Crippen molar-refractivity contribution < 1.29 is 13.5 Å². The maximum atomic E-state index is 12.5. The normalized spacial score (nSPS) is 18.7. The van der Waals surface area contributed by atoms with Crippen molar-refractivity contribution in [3.05, 3.63) is 24.3 Å². The summed E-state index contributed by atoms with van der Waals surface area (Å²) in [5.41, 5.74) is 0.700. The Hall–Kier alpha value is -2.05. The molecule has 0 amide bonds. The van der Waals surface area contributed by atoms with E-state index in [4.69, 9.17) is 0 Å². The molecule has 0 aliphatic carbocycles. The number of ether oxygens (including phenoxy) is 1. The van der Waals surface area contributed by atoms with E-state index >= 15 is 0 Å². The number of rotatable bonds is 5. The minimum Gasteiger partial charge on any atom is -0.433 e. The van der Waals surface area contributed by atoms with Gasteiger partial charge < -0.3 is 20.3 Å². The van der Waals surface area contributed by atoms with Gasteiger partial charge in [0.15, 0.2) is 5.96 Å². The van der Waals surface area contributed by atoms with Gasteiger partial charge in [-0.25, -0.2) is 0 Å². The molecule has 1 atom stereocenters. The van der Waals surface area contributed by atoms with Crippen LogP contribution in [-0.2, 0) is 0 Å². The van der Waals surface area contributed by atoms with Crippen molar-refractivity contribution in [3.63, 3.8) is 0 Å². The number of nitrogens with zero attached hydrogens (tertiary/aromatic N) is 2. The number of guanidine groups is 1. The lowest BCUT2D eigenvalue weighted by molar-refractivity contribution is -0.0495. The van der Waals surface area contributed by atoms with Gasteiger partial charge in [0.25, 0.3) is 0 Å². The fourth-order valence-electron chi connectivity index (χ4n) is 2.57. The Bertz CT molecular complexity index is 510. The van der Waals surface area contributed by atoms with Crippen molar-refractivity contribution in [2.24, 2.45) is 4.99 Å². The number of hydrogen-bond acceptors (Lipinski definition) is 3. The first-order chi connectivity index (χ1) is 10.6. The molecular weight excluding hydrogens is 290 g/mol. The summed E-state index contributed by atoms with van der Waals surface area (Å²) in [7, 11) is 1.73. The number of halogens is 2. The van der Waals surface area contributed by atoms with Gasteiger partial charge in [-0.15, -0.1) is 0 Å². The molecule has 1 aliphatic rings. The van der Waals surface area contributed by atoms with E-state index in [0.717, 1.165) is 25.5 Å². The van der Waals surface area contributed by atoms with Gasteiger partial charge in [0.2, 0.25) is 0 Å². The maximum absolute atomic E-state index is 12.5. The molecule has 2 rings (SSSR count). The summed E-state index contributed by atoms with van der Waals surface area (Å²) in [6.45, 7) is 1.48. The first-order valence-corrected chi connectivity index (χ1v) is 7.40. The Morgan fingerprint density at radius 1 is 1.45 bits per heavy atom. The number of nitrogens with one attached hydrogen (secondary N) is 2. The second-order valence-electron chi connectivity index (χ2n) is 5.02. The van der Waals surface area contributed by atoms with Crippen LogP contribution in [0.1, 0.15) is 13.3 Å². The predicted octanol–water partition coefficient (Wildman–Crippen LogP) is 2.05. The van der Waals surface area contributed by atoms with E-state index in [9.17, 15) is 8.78 Å². The summed E-state index contributed by atoms with van der Waals surface area (Å²) in [5, 5.41) is 6.48. The van der Waals surface area contributed by atoms with Gasteiger partial charge in [-0.2, -0.15) is 8.78 Å². The van der Waals surface area contributed by atoms with Gasteiger partial charge in [0.1, 0.15) is 5.75 Å². The van der Waals surface area contributed by atoms with Crippen molar-refractivity contribution in [1.29, 1.82) is 0 Å². The molecule has 1 aromatic carbocycles. The minimum absolute atomic E-state index is 0.217. The van der Waals surface area contributed by atoms with Gasteiger partial charge in [-0.05, 0) is 25.5 Å². The number of benzene rings is 1. The molecule has 122 valence electrons. The summed E-state index contributed by atoms with van der Waals surface area (Å²) in [6, 6.07) is 7.11. The summed E-state index contributed by atoms with van der Waals surface area (Å²) in [4.78, 5) is 6.20. The highest BCUT2D eigenvalue weighted by molar-refractivity contribution is 5.80. The Balaban J connectivity index is 2.01. The van der Waals surface area contributed by atoms with Crippen LogP contribution >= 0.6 is 0 Å². The van der Waals surface area contributed by atoms with E-state index in [0.29, 0.717) is 12.2 Å². The third kappa shape index (κ3) is 4.22. The number of para-hydroxylation sites is 2. The molecular formula is C15H22F2N4O. The lowest BCUT2D eigenvalue weighted by atomic mass is 10.2. The molecule has 1 aliphatic heterocycles. The monoisotopic (exact) mass is 312 g/mol. The SMILES string of the molecule is CCNC(=NC)NC1CCN(c2ccccc2OC(F)F)C1. The van der Waals surface area contributed by atoms with Crippen LogP contribution in [0.25, 0.3) is 0 Å². The van der Waals surface area contributed by atoms with E-state index in [1.54, 1.807) is 25.2 Å². The van der Waals surface area contributed by atoms with Gasteiger partial charge in [-0.1, -0.05) is 12.1 Å². The summed E-state index contributed by atoms with van der Waals surface area (Å²) < 4.78 is 29.6. The fraction of sp³-hybridized carbons (Fsp3) is 0.533. The van der Waals surface area contributed by atoms with Crippen LogP contribution in [0.5, 0.6) is 5.75 Å². The Morgan fingerprint density at radius 2 is 2.23 bits per heavy atom. The lowest BCUT2D eigenvalue weighted by Crippen LogP contribution is -2.44. The molecule has 0 spiro atoms. The summed E-state index contributed by atoms with van der Waals surface area (Å²) >= 11 is 0. The summed E-state index contributed by atoms with van der Waals surface area (Å²) in [6.07, 6.45) is 0.910. The molecule has 0 radical (unpaired) electrons. The van der Waals surface area contributed by atoms with E-state index in [2.05, 4.69) is 25.3 Å². The zero-order valence-electron chi connectivity index (χ0n) is 12.9. The smallest absolute Gasteiger partial charge is 0.387 e. The van der Waals surface area contributed by atoms with Crippen molar-refractivity contribution in [2.45, 2.75) is 26.0 Å². The van der Waals surface area contributed by atoms with Crippen LogP contribution in [0.4, 0.5) is 14.5 Å². The number of alkyl halides is 2. The number of hydrogen-bond donors (Lipinski definition) is 2. The highest BCUT2D eigenvalue weighted by Crippen LogP contribution is 2.31. The van der Waals surface area contributed by atoms with Crippen LogP contribution in [-0.4, -0.2) is 45.3 Å². The van der Waals surface area contributed by atoms with Crippen LogP contribution < -0.4 is 20.3 Å². The Labute approximate surface area is 129 Å². The first-order valence-electron chi connectivity index (χ1n) is 7.40.